The van der Waals surface area contributed by atoms with Crippen LogP contribution in [0.15, 0.2) is 131 Å². The molecule has 2 aromatic heterocycles. The molecule has 2 heterocycles. The van der Waals surface area contributed by atoms with Gasteiger partial charge in [0.05, 0.1) is 20.8 Å². The monoisotopic (exact) mass is 540 g/mol. The maximum absolute atomic E-state index is 13.5. The summed E-state index contributed by atoms with van der Waals surface area (Å²) in [5, 5.41) is 1.71. The van der Waals surface area contributed by atoms with E-state index in [-0.39, 0.29) is 9.79 Å². The second-order valence-corrected chi connectivity index (χ2v) is 12.7. The third-order valence-corrected chi connectivity index (χ3v) is 10.2. The Morgan fingerprint density at radius 3 is 1.18 bits per heavy atom. The standard InChI is InChI=1S/C30H24N2O4S2/c33-37(34,25-11-3-1-4-12-25)31-21-23(27-15-7-9-17-29(27)31)19-20-24-22-32(30-18-10-8-16-28(24)30)38(35,36)26-13-5-2-6-14-26/h1-18,21-22H,19-20H2. The second kappa shape index (κ2) is 9.31. The van der Waals surface area contributed by atoms with Crippen molar-refractivity contribution in [3.8, 4) is 0 Å². The first-order chi connectivity index (χ1) is 18.4. The predicted molar refractivity (Wildman–Crippen MR) is 149 cm³/mol. The Labute approximate surface area is 221 Å². The van der Waals surface area contributed by atoms with Crippen molar-refractivity contribution in [1.29, 1.82) is 0 Å². The van der Waals surface area contributed by atoms with Crippen LogP contribution in [0.3, 0.4) is 0 Å². The van der Waals surface area contributed by atoms with E-state index in [2.05, 4.69) is 0 Å². The van der Waals surface area contributed by atoms with Crippen molar-refractivity contribution in [1.82, 2.24) is 7.94 Å². The summed E-state index contributed by atoms with van der Waals surface area (Å²) < 4.78 is 56.5. The lowest BCUT2D eigenvalue weighted by Gasteiger charge is -2.07. The van der Waals surface area contributed by atoms with Crippen LogP contribution in [0, 0.1) is 0 Å². The molecule has 6 aromatic rings. The highest BCUT2D eigenvalue weighted by atomic mass is 32.2. The minimum Gasteiger partial charge on any atom is -0.241 e. The molecule has 0 radical (unpaired) electrons. The highest BCUT2D eigenvalue weighted by molar-refractivity contribution is 7.90. The largest absolute Gasteiger partial charge is 0.268 e. The quantitative estimate of drug-likeness (QED) is 0.254. The molecule has 6 nitrogen and oxygen atoms in total. The summed E-state index contributed by atoms with van der Waals surface area (Å²) >= 11 is 0. The van der Waals surface area contributed by atoms with Crippen LogP contribution in [0.25, 0.3) is 21.8 Å². The first kappa shape index (κ1) is 24.2. The van der Waals surface area contributed by atoms with E-state index >= 15 is 0 Å². The van der Waals surface area contributed by atoms with Crippen molar-refractivity contribution in [3.63, 3.8) is 0 Å². The average Bonchev–Trinajstić information content (AvgIpc) is 3.52. The molecular weight excluding hydrogens is 516 g/mol. The lowest BCUT2D eigenvalue weighted by Crippen LogP contribution is -2.11. The lowest BCUT2D eigenvalue weighted by molar-refractivity contribution is 0.587. The molecule has 0 atom stereocenters. The summed E-state index contributed by atoms with van der Waals surface area (Å²) in [6, 6.07) is 31.6. The fourth-order valence-electron chi connectivity index (χ4n) is 4.91. The van der Waals surface area contributed by atoms with Gasteiger partial charge in [0.15, 0.2) is 0 Å². The summed E-state index contributed by atoms with van der Waals surface area (Å²) in [7, 11) is -7.55. The number of rotatable bonds is 7. The van der Waals surface area contributed by atoms with E-state index in [0.717, 1.165) is 21.9 Å². The molecule has 0 bridgehead atoms. The zero-order chi connectivity index (χ0) is 26.3. The van der Waals surface area contributed by atoms with Crippen LogP contribution < -0.4 is 0 Å². The van der Waals surface area contributed by atoms with Gasteiger partial charge >= 0.3 is 0 Å². The van der Waals surface area contributed by atoms with Gasteiger partial charge in [0.1, 0.15) is 0 Å². The van der Waals surface area contributed by atoms with Crippen LogP contribution in [0.2, 0.25) is 0 Å². The molecule has 0 aliphatic rings. The van der Waals surface area contributed by atoms with Crippen LogP contribution in [0.4, 0.5) is 0 Å². The van der Waals surface area contributed by atoms with E-state index in [4.69, 9.17) is 0 Å². The molecule has 0 aliphatic heterocycles. The molecule has 0 fully saturated rings. The summed E-state index contributed by atoms with van der Waals surface area (Å²) in [5.41, 5.74) is 2.98. The zero-order valence-electron chi connectivity index (χ0n) is 20.3. The van der Waals surface area contributed by atoms with Crippen molar-refractivity contribution < 1.29 is 16.8 Å². The maximum atomic E-state index is 13.5. The molecular formula is C30H24N2O4S2. The molecule has 0 spiro atoms. The highest BCUT2D eigenvalue weighted by Gasteiger charge is 2.23. The number of hydrogen-bond donors (Lipinski definition) is 0. The topological polar surface area (TPSA) is 78.1 Å². The molecule has 4 aromatic carbocycles. The molecule has 0 N–H and O–H groups in total. The first-order valence-electron chi connectivity index (χ1n) is 12.2. The van der Waals surface area contributed by atoms with Gasteiger partial charge < -0.3 is 0 Å². The van der Waals surface area contributed by atoms with Gasteiger partial charge in [-0.05, 0) is 60.4 Å². The Hall–Kier alpha value is -4.14. The molecule has 0 aliphatic carbocycles. The van der Waals surface area contributed by atoms with Crippen molar-refractivity contribution in [2.45, 2.75) is 22.6 Å². The summed E-state index contributed by atoms with van der Waals surface area (Å²) in [6.45, 7) is 0. The minimum absolute atomic E-state index is 0.224. The molecule has 38 heavy (non-hydrogen) atoms. The Morgan fingerprint density at radius 2 is 0.789 bits per heavy atom. The fraction of sp³-hybridized carbons (Fsp3) is 0.0667. The number of aromatic nitrogens is 2. The first-order valence-corrected chi connectivity index (χ1v) is 15.0. The van der Waals surface area contributed by atoms with Gasteiger partial charge in [-0.15, -0.1) is 0 Å². The van der Waals surface area contributed by atoms with E-state index in [9.17, 15) is 16.8 Å². The number of nitrogens with zero attached hydrogens (tertiary/aromatic N) is 2. The molecule has 6 rings (SSSR count). The van der Waals surface area contributed by atoms with Crippen LogP contribution >= 0.6 is 0 Å². The van der Waals surface area contributed by atoms with Crippen LogP contribution in [-0.4, -0.2) is 24.8 Å². The average molecular weight is 541 g/mol. The van der Waals surface area contributed by atoms with E-state index in [1.807, 2.05) is 36.4 Å². The van der Waals surface area contributed by atoms with Gasteiger partial charge in [0.25, 0.3) is 20.0 Å². The van der Waals surface area contributed by atoms with Gasteiger partial charge in [0, 0.05) is 23.2 Å². The number of benzene rings is 4. The Morgan fingerprint density at radius 1 is 0.447 bits per heavy atom. The Bertz CT molecular complexity index is 1840. The Kier molecular flexibility index (Phi) is 5.93. The van der Waals surface area contributed by atoms with Crippen molar-refractivity contribution >= 4 is 41.9 Å². The molecule has 190 valence electrons. The molecule has 0 saturated carbocycles. The van der Waals surface area contributed by atoms with Crippen molar-refractivity contribution in [2.75, 3.05) is 0 Å². The number of hydrogen-bond acceptors (Lipinski definition) is 4. The van der Waals surface area contributed by atoms with E-state index in [0.29, 0.717) is 23.9 Å². The third-order valence-electron chi connectivity index (χ3n) is 6.78. The van der Waals surface area contributed by atoms with E-state index in [1.165, 1.54) is 7.94 Å². The number of para-hydroxylation sites is 2. The zero-order valence-corrected chi connectivity index (χ0v) is 21.9. The van der Waals surface area contributed by atoms with E-state index in [1.54, 1.807) is 85.2 Å². The van der Waals surface area contributed by atoms with Crippen LogP contribution in [0.5, 0.6) is 0 Å². The lowest BCUT2D eigenvalue weighted by atomic mass is 10.0. The Balaban J connectivity index is 1.41. The fourth-order valence-corrected chi connectivity index (χ4v) is 7.74. The van der Waals surface area contributed by atoms with Crippen LogP contribution in [-0.2, 0) is 32.9 Å². The molecule has 0 unspecified atom stereocenters. The third kappa shape index (κ3) is 4.02. The van der Waals surface area contributed by atoms with Gasteiger partial charge in [0.2, 0.25) is 0 Å². The highest BCUT2D eigenvalue weighted by Crippen LogP contribution is 2.30. The predicted octanol–water partition coefficient (Wildman–Crippen LogP) is 5.86. The molecule has 8 heteroatoms. The molecule has 0 saturated heterocycles. The van der Waals surface area contributed by atoms with E-state index < -0.39 is 20.0 Å². The van der Waals surface area contributed by atoms with Crippen molar-refractivity contribution in [3.05, 3.63) is 133 Å². The summed E-state index contributed by atoms with van der Waals surface area (Å²) in [6.07, 6.45) is 4.45. The van der Waals surface area contributed by atoms with Gasteiger partial charge in [-0.25, -0.2) is 24.8 Å². The van der Waals surface area contributed by atoms with Gasteiger partial charge in [-0.3, -0.25) is 0 Å². The smallest absolute Gasteiger partial charge is 0.241 e. The molecule has 0 amide bonds. The normalized spacial score (nSPS) is 12.3. The maximum Gasteiger partial charge on any atom is 0.268 e. The van der Waals surface area contributed by atoms with Crippen LogP contribution in [0.1, 0.15) is 11.1 Å². The number of fused-ring (bicyclic) bond motifs is 2. The van der Waals surface area contributed by atoms with Crippen molar-refractivity contribution in [2.24, 2.45) is 0 Å². The number of aryl methyl sites for hydroxylation is 2. The van der Waals surface area contributed by atoms with Gasteiger partial charge in [-0.1, -0.05) is 72.8 Å². The summed E-state index contributed by atoms with van der Waals surface area (Å²) in [5.74, 6) is 0. The second-order valence-electron chi connectivity index (χ2n) is 9.07. The SMILES string of the molecule is O=S(=O)(c1ccccc1)n1cc(CCc2cn(S(=O)(=O)c3ccccc3)c3ccccc23)c2ccccc21. The summed E-state index contributed by atoms with van der Waals surface area (Å²) in [4.78, 5) is 0.447. The minimum atomic E-state index is -3.78. The van der Waals surface area contributed by atoms with Gasteiger partial charge in [-0.2, -0.15) is 0 Å².